The molecular formula is C22H23N3O3. The Morgan fingerprint density at radius 1 is 1.07 bits per heavy atom. The molecule has 0 aliphatic rings. The number of esters is 1. The van der Waals surface area contributed by atoms with Crippen molar-refractivity contribution in [2.75, 3.05) is 11.9 Å². The number of carbonyl (C=O) groups is 2. The van der Waals surface area contributed by atoms with Gasteiger partial charge in [0.05, 0.1) is 36.2 Å². The molecule has 0 fully saturated rings. The van der Waals surface area contributed by atoms with Crippen LogP contribution < -0.4 is 5.32 Å². The van der Waals surface area contributed by atoms with Gasteiger partial charge in [0.15, 0.2) is 0 Å². The minimum Gasteiger partial charge on any atom is -0.462 e. The predicted molar refractivity (Wildman–Crippen MR) is 108 cm³/mol. The topological polar surface area (TPSA) is 73.2 Å². The first-order chi connectivity index (χ1) is 13.6. The molecule has 1 aromatic heterocycles. The Bertz CT molecular complexity index is 964. The van der Waals surface area contributed by atoms with Gasteiger partial charge in [-0.15, -0.1) is 0 Å². The summed E-state index contributed by atoms with van der Waals surface area (Å²) in [5.41, 5.74) is 3.45. The second-order valence-electron chi connectivity index (χ2n) is 6.26. The minimum absolute atomic E-state index is 0.253. The van der Waals surface area contributed by atoms with Crippen molar-refractivity contribution in [3.63, 3.8) is 0 Å². The largest absolute Gasteiger partial charge is 0.462 e. The lowest BCUT2D eigenvalue weighted by molar-refractivity contribution is 0.0526. The number of hydrogen-bond donors (Lipinski definition) is 1. The number of nitrogens with one attached hydrogen (secondary N) is 1. The van der Waals surface area contributed by atoms with Crippen LogP contribution in [-0.2, 0) is 17.7 Å². The van der Waals surface area contributed by atoms with E-state index in [0.717, 1.165) is 11.3 Å². The Morgan fingerprint density at radius 2 is 1.86 bits per heavy atom. The molecule has 0 aliphatic heterocycles. The maximum Gasteiger partial charge on any atom is 0.338 e. The zero-order chi connectivity index (χ0) is 19.9. The van der Waals surface area contributed by atoms with Crippen LogP contribution in [0.1, 0.15) is 45.8 Å². The first-order valence-electron chi connectivity index (χ1n) is 9.29. The van der Waals surface area contributed by atoms with Crippen molar-refractivity contribution in [3.05, 3.63) is 83.2 Å². The smallest absolute Gasteiger partial charge is 0.338 e. The van der Waals surface area contributed by atoms with Crippen LogP contribution in [0, 0.1) is 0 Å². The number of ether oxygens (including phenoxy) is 1. The molecule has 3 rings (SSSR count). The molecular weight excluding hydrogens is 354 g/mol. The molecule has 0 atom stereocenters. The molecule has 3 aromatic rings. The lowest BCUT2D eigenvalue weighted by atomic mass is 10.1. The maximum atomic E-state index is 12.8. The fourth-order valence-corrected chi connectivity index (χ4v) is 3.00. The van der Waals surface area contributed by atoms with E-state index in [1.807, 2.05) is 41.9 Å². The zero-order valence-corrected chi connectivity index (χ0v) is 16.0. The van der Waals surface area contributed by atoms with Crippen molar-refractivity contribution in [2.45, 2.75) is 26.8 Å². The Morgan fingerprint density at radius 3 is 2.57 bits per heavy atom. The van der Waals surface area contributed by atoms with Crippen LogP contribution >= 0.6 is 0 Å². The van der Waals surface area contributed by atoms with Gasteiger partial charge in [-0.2, -0.15) is 5.10 Å². The summed E-state index contributed by atoms with van der Waals surface area (Å²) >= 11 is 0. The van der Waals surface area contributed by atoms with Crippen molar-refractivity contribution in [3.8, 4) is 0 Å². The Kier molecular flexibility index (Phi) is 6.22. The summed E-state index contributed by atoms with van der Waals surface area (Å²) < 4.78 is 6.85. The fraction of sp³-hybridized carbons (Fsp3) is 0.227. The normalized spacial score (nSPS) is 10.5. The second kappa shape index (κ2) is 8.99. The third-order valence-corrected chi connectivity index (χ3v) is 4.33. The van der Waals surface area contributed by atoms with Crippen molar-refractivity contribution in [1.29, 1.82) is 0 Å². The monoisotopic (exact) mass is 377 g/mol. The average molecular weight is 377 g/mol. The lowest BCUT2D eigenvalue weighted by Gasteiger charge is -2.09. The van der Waals surface area contributed by atoms with E-state index in [1.54, 1.807) is 37.4 Å². The van der Waals surface area contributed by atoms with Crippen LogP contribution in [0.15, 0.2) is 60.8 Å². The molecule has 144 valence electrons. The highest BCUT2D eigenvalue weighted by Gasteiger charge is 2.17. The number of amides is 1. The van der Waals surface area contributed by atoms with Crippen LogP contribution in [0.5, 0.6) is 0 Å². The number of carbonyl (C=O) groups excluding carboxylic acids is 2. The summed E-state index contributed by atoms with van der Waals surface area (Å²) in [5.74, 6) is -0.666. The van der Waals surface area contributed by atoms with Gasteiger partial charge in [-0.3, -0.25) is 9.48 Å². The number of benzene rings is 2. The second-order valence-corrected chi connectivity index (χ2v) is 6.26. The molecule has 1 N–H and O–H groups in total. The first-order valence-corrected chi connectivity index (χ1v) is 9.29. The molecule has 1 amide bonds. The van der Waals surface area contributed by atoms with Crippen LogP contribution in [0.2, 0.25) is 0 Å². The van der Waals surface area contributed by atoms with E-state index >= 15 is 0 Å². The Hall–Kier alpha value is -3.41. The summed E-state index contributed by atoms with van der Waals surface area (Å²) in [6.07, 6.45) is 2.27. The van der Waals surface area contributed by atoms with E-state index in [2.05, 4.69) is 10.4 Å². The summed E-state index contributed by atoms with van der Waals surface area (Å²) in [6, 6.07) is 16.7. The highest BCUT2D eigenvalue weighted by atomic mass is 16.5. The molecule has 28 heavy (non-hydrogen) atoms. The number of anilines is 1. The maximum absolute atomic E-state index is 12.8. The molecule has 1 heterocycles. The first kappa shape index (κ1) is 19.4. The van der Waals surface area contributed by atoms with Crippen molar-refractivity contribution < 1.29 is 14.3 Å². The van der Waals surface area contributed by atoms with Gasteiger partial charge in [0.1, 0.15) is 0 Å². The van der Waals surface area contributed by atoms with Crippen LogP contribution in [0.25, 0.3) is 0 Å². The van der Waals surface area contributed by atoms with Gasteiger partial charge in [-0.05, 0) is 37.1 Å². The van der Waals surface area contributed by atoms with E-state index in [4.69, 9.17) is 4.74 Å². The number of hydrogen-bond acceptors (Lipinski definition) is 4. The van der Waals surface area contributed by atoms with Gasteiger partial charge >= 0.3 is 5.97 Å². The van der Waals surface area contributed by atoms with E-state index in [-0.39, 0.29) is 5.91 Å². The third-order valence-electron chi connectivity index (χ3n) is 4.33. The molecule has 0 saturated heterocycles. The van der Waals surface area contributed by atoms with Gasteiger partial charge in [0, 0.05) is 5.69 Å². The SMILES string of the molecule is CCOC(=O)c1cccc(NC(=O)c2cnn(Cc3ccccc3)c2CC)c1. The van der Waals surface area contributed by atoms with Gasteiger partial charge < -0.3 is 10.1 Å². The molecule has 0 aliphatic carbocycles. The highest BCUT2D eigenvalue weighted by Crippen LogP contribution is 2.17. The third kappa shape index (κ3) is 4.46. The van der Waals surface area contributed by atoms with Gasteiger partial charge in [0.2, 0.25) is 0 Å². The van der Waals surface area contributed by atoms with Gasteiger partial charge in [-0.1, -0.05) is 43.3 Å². The Labute approximate surface area is 164 Å². The minimum atomic E-state index is -0.413. The van der Waals surface area contributed by atoms with Crippen molar-refractivity contribution in [1.82, 2.24) is 9.78 Å². The molecule has 0 unspecified atom stereocenters. The number of nitrogens with zero attached hydrogens (tertiary/aromatic N) is 2. The van der Waals surface area contributed by atoms with Crippen LogP contribution in [0.3, 0.4) is 0 Å². The van der Waals surface area contributed by atoms with Crippen LogP contribution in [-0.4, -0.2) is 28.3 Å². The predicted octanol–water partition coefficient (Wildman–Crippen LogP) is 3.92. The zero-order valence-electron chi connectivity index (χ0n) is 16.0. The average Bonchev–Trinajstić information content (AvgIpc) is 3.12. The standard InChI is InChI=1S/C22H23N3O3/c1-3-20-19(14-23-25(20)15-16-9-6-5-7-10-16)21(26)24-18-12-8-11-17(13-18)22(27)28-4-2/h5-14H,3-4,15H2,1-2H3,(H,24,26). The van der Waals surface area contributed by atoms with E-state index in [1.165, 1.54) is 0 Å². The molecule has 0 radical (unpaired) electrons. The molecule has 0 spiro atoms. The van der Waals surface area contributed by atoms with E-state index < -0.39 is 5.97 Å². The fourth-order valence-electron chi connectivity index (χ4n) is 3.00. The number of aromatic nitrogens is 2. The van der Waals surface area contributed by atoms with E-state index in [9.17, 15) is 9.59 Å². The van der Waals surface area contributed by atoms with E-state index in [0.29, 0.717) is 36.4 Å². The molecule has 6 nitrogen and oxygen atoms in total. The van der Waals surface area contributed by atoms with Crippen molar-refractivity contribution >= 4 is 17.6 Å². The molecule has 0 bridgehead atoms. The summed E-state index contributed by atoms with van der Waals surface area (Å²) in [6.45, 7) is 4.66. The Balaban J connectivity index is 1.78. The highest BCUT2D eigenvalue weighted by molar-refractivity contribution is 6.05. The van der Waals surface area contributed by atoms with Gasteiger partial charge in [-0.25, -0.2) is 4.79 Å². The molecule has 6 heteroatoms. The van der Waals surface area contributed by atoms with Gasteiger partial charge in [0.25, 0.3) is 5.91 Å². The summed E-state index contributed by atoms with van der Waals surface area (Å²) in [7, 11) is 0. The quantitative estimate of drug-likeness (QED) is 0.633. The van der Waals surface area contributed by atoms with Crippen LogP contribution in [0.4, 0.5) is 5.69 Å². The molecule has 0 saturated carbocycles. The summed E-state index contributed by atoms with van der Waals surface area (Å²) in [4.78, 5) is 24.7. The van der Waals surface area contributed by atoms with Crippen molar-refractivity contribution in [2.24, 2.45) is 0 Å². The molecule has 2 aromatic carbocycles. The lowest BCUT2D eigenvalue weighted by Crippen LogP contribution is -2.15. The number of rotatable bonds is 7. The summed E-state index contributed by atoms with van der Waals surface area (Å²) in [5, 5.41) is 7.24.